The van der Waals surface area contributed by atoms with Gasteiger partial charge in [0.25, 0.3) is 5.56 Å². The topological polar surface area (TPSA) is 158 Å². The molecule has 5 aromatic rings. The minimum Gasteiger partial charge on any atom is -0.496 e. The highest BCUT2D eigenvalue weighted by Crippen LogP contribution is 2.38. The third kappa shape index (κ3) is 5.35. The van der Waals surface area contributed by atoms with Crippen molar-refractivity contribution in [2.24, 2.45) is 5.10 Å². The van der Waals surface area contributed by atoms with Crippen molar-refractivity contribution < 1.29 is 33.1 Å². The van der Waals surface area contributed by atoms with Crippen molar-refractivity contribution in [2.45, 2.75) is 6.92 Å². The van der Waals surface area contributed by atoms with Crippen LogP contribution in [0.2, 0.25) is 0 Å². The maximum Gasteiger partial charge on any atom is 0.344 e. The summed E-state index contributed by atoms with van der Waals surface area (Å²) in [6.07, 6.45) is 1.25. The fourth-order valence-corrected chi connectivity index (χ4v) is 4.29. The van der Waals surface area contributed by atoms with Crippen molar-refractivity contribution >= 4 is 39.7 Å². The Hall–Kier alpha value is -5.72. The number of aromatic nitrogens is 2. The molecule has 214 valence electrons. The molecule has 0 saturated heterocycles. The molecule has 3 aromatic carbocycles. The summed E-state index contributed by atoms with van der Waals surface area (Å²) in [5, 5.41) is 17.2. The number of nitro groups is 1. The minimum absolute atomic E-state index is 0.0245. The Balaban J connectivity index is 1.63. The Kier molecular flexibility index (Phi) is 7.82. The number of para-hydroxylation sites is 1. The zero-order valence-electron chi connectivity index (χ0n) is 22.7. The number of rotatable bonds is 10. The highest BCUT2D eigenvalue weighted by molar-refractivity contribution is 5.89. The molecule has 0 spiro atoms. The van der Waals surface area contributed by atoms with Crippen LogP contribution in [-0.4, -0.2) is 54.2 Å². The SMILES string of the molecule is CCOC(=O)COc1c(OC)cc(C=Nn2c(-c3cc4c(OC)cccc4o3)nc3ccccc3c2=O)cc1[N+](=O)[O-]. The molecule has 0 saturated carbocycles. The van der Waals surface area contributed by atoms with Gasteiger partial charge in [-0.3, -0.25) is 14.9 Å². The maximum absolute atomic E-state index is 13.6. The number of nitro benzene ring substituents is 1. The summed E-state index contributed by atoms with van der Waals surface area (Å²) in [5.41, 5.74) is 0.181. The Labute approximate surface area is 237 Å². The Morgan fingerprint density at radius 1 is 1.07 bits per heavy atom. The summed E-state index contributed by atoms with van der Waals surface area (Å²) in [6, 6.07) is 16.4. The molecule has 0 radical (unpaired) electrons. The van der Waals surface area contributed by atoms with E-state index in [0.717, 1.165) is 4.68 Å². The molecule has 0 unspecified atom stereocenters. The Morgan fingerprint density at radius 3 is 2.60 bits per heavy atom. The lowest BCUT2D eigenvalue weighted by Gasteiger charge is -2.11. The number of esters is 1. The summed E-state index contributed by atoms with van der Waals surface area (Å²) in [7, 11) is 2.83. The summed E-state index contributed by atoms with van der Waals surface area (Å²) < 4.78 is 28.0. The van der Waals surface area contributed by atoms with Gasteiger partial charge >= 0.3 is 11.7 Å². The second-order valence-corrected chi connectivity index (χ2v) is 8.72. The van der Waals surface area contributed by atoms with Crippen LogP contribution in [0.1, 0.15) is 12.5 Å². The quantitative estimate of drug-likeness (QED) is 0.101. The summed E-state index contributed by atoms with van der Waals surface area (Å²) in [5.74, 6) is -0.0497. The molecule has 2 heterocycles. The normalized spacial score (nSPS) is 11.2. The lowest BCUT2D eigenvalue weighted by Crippen LogP contribution is -2.20. The predicted molar refractivity (Wildman–Crippen MR) is 153 cm³/mol. The lowest BCUT2D eigenvalue weighted by molar-refractivity contribution is -0.385. The van der Waals surface area contributed by atoms with Crippen LogP contribution < -0.4 is 19.8 Å². The van der Waals surface area contributed by atoms with Gasteiger partial charge in [-0.25, -0.2) is 9.78 Å². The van der Waals surface area contributed by atoms with E-state index >= 15 is 0 Å². The largest absolute Gasteiger partial charge is 0.496 e. The van der Waals surface area contributed by atoms with Gasteiger partial charge in [-0.1, -0.05) is 18.2 Å². The van der Waals surface area contributed by atoms with Gasteiger partial charge in [0.05, 0.1) is 48.3 Å². The Morgan fingerprint density at radius 2 is 1.86 bits per heavy atom. The summed E-state index contributed by atoms with van der Waals surface area (Å²) in [4.78, 5) is 41.2. The van der Waals surface area contributed by atoms with E-state index < -0.39 is 28.7 Å². The van der Waals surface area contributed by atoms with E-state index in [0.29, 0.717) is 27.6 Å². The van der Waals surface area contributed by atoms with E-state index in [2.05, 4.69) is 10.1 Å². The van der Waals surface area contributed by atoms with Crippen molar-refractivity contribution in [2.75, 3.05) is 27.4 Å². The van der Waals surface area contributed by atoms with Crippen LogP contribution in [0.15, 0.2) is 75.0 Å². The van der Waals surface area contributed by atoms with Crippen molar-refractivity contribution in [3.63, 3.8) is 0 Å². The number of nitrogens with zero attached hydrogens (tertiary/aromatic N) is 4. The summed E-state index contributed by atoms with van der Waals surface area (Å²) in [6.45, 7) is 1.20. The average molecular weight is 573 g/mol. The van der Waals surface area contributed by atoms with Crippen LogP contribution in [0, 0.1) is 10.1 Å². The zero-order valence-corrected chi connectivity index (χ0v) is 22.7. The highest BCUT2D eigenvalue weighted by atomic mass is 16.6. The van der Waals surface area contributed by atoms with E-state index in [9.17, 15) is 19.7 Å². The van der Waals surface area contributed by atoms with Gasteiger partial charge in [0.2, 0.25) is 11.6 Å². The molecule has 0 bridgehead atoms. The highest BCUT2D eigenvalue weighted by Gasteiger charge is 2.24. The van der Waals surface area contributed by atoms with Crippen LogP contribution in [-0.2, 0) is 9.53 Å². The monoisotopic (exact) mass is 572 g/mol. The number of fused-ring (bicyclic) bond motifs is 2. The molecule has 13 heteroatoms. The predicted octanol–water partition coefficient (Wildman–Crippen LogP) is 4.56. The molecule has 0 atom stereocenters. The number of benzene rings is 3. The van der Waals surface area contributed by atoms with Crippen LogP contribution in [0.4, 0.5) is 5.69 Å². The van der Waals surface area contributed by atoms with E-state index in [-0.39, 0.29) is 35.3 Å². The average Bonchev–Trinajstić information content (AvgIpc) is 3.44. The van der Waals surface area contributed by atoms with Crippen molar-refractivity contribution in [1.82, 2.24) is 9.66 Å². The summed E-state index contributed by atoms with van der Waals surface area (Å²) >= 11 is 0. The molecule has 0 amide bonds. The number of ether oxygens (including phenoxy) is 4. The second-order valence-electron chi connectivity index (χ2n) is 8.72. The molecule has 0 aliphatic carbocycles. The first kappa shape index (κ1) is 27.8. The lowest BCUT2D eigenvalue weighted by atomic mass is 10.2. The van der Waals surface area contributed by atoms with Gasteiger partial charge in [0, 0.05) is 11.6 Å². The second kappa shape index (κ2) is 11.8. The number of furan rings is 1. The van der Waals surface area contributed by atoms with Gasteiger partial charge in [-0.2, -0.15) is 9.78 Å². The van der Waals surface area contributed by atoms with E-state index in [1.165, 1.54) is 32.6 Å². The maximum atomic E-state index is 13.6. The molecule has 0 aliphatic rings. The fraction of sp³-hybridized carbons (Fsp3) is 0.172. The smallest absolute Gasteiger partial charge is 0.344 e. The van der Waals surface area contributed by atoms with Crippen LogP contribution >= 0.6 is 0 Å². The van der Waals surface area contributed by atoms with Crippen molar-refractivity contribution in [1.29, 1.82) is 0 Å². The zero-order chi connectivity index (χ0) is 29.8. The van der Waals surface area contributed by atoms with Crippen molar-refractivity contribution in [3.8, 4) is 28.8 Å². The number of hydrogen-bond acceptors (Lipinski definition) is 11. The number of carbonyl (C=O) groups is 1. The standard InChI is InChI=1S/C29H24N4O9/c1-4-40-26(34)16-41-27-21(33(36)37)12-17(13-24(27)39-3)15-30-32-28(31-20-9-6-5-8-18(20)29(32)35)25-14-19-22(38-2)10-7-11-23(19)42-25/h5-15H,4,16H2,1-3H3. The number of hydrogen-bond donors (Lipinski definition) is 0. The van der Waals surface area contributed by atoms with Crippen LogP contribution in [0.3, 0.4) is 0 Å². The molecule has 0 N–H and O–H groups in total. The first-order chi connectivity index (χ1) is 20.3. The number of methoxy groups -OCH3 is 2. The van der Waals surface area contributed by atoms with E-state index in [1.54, 1.807) is 55.5 Å². The first-order valence-corrected chi connectivity index (χ1v) is 12.6. The molecule has 0 aliphatic heterocycles. The fourth-order valence-electron chi connectivity index (χ4n) is 4.29. The van der Waals surface area contributed by atoms with E-state index in [1.807, 2.05) is 0 Å². The third-order valence-corrected chi connectivity index (χ3v) is 6.15. The molecule has 2 aromatic heterocycles. The van der Waals surface area contributed by atoms with Gasteiger partial charge in [-0.05, 0) is 43.3 Å². The first-order valence-electron chi connectivity index (χ1n) is 12.6. The van der Waals surface area contributed by atoms with Gasteiger partial charge in [0.15, 0.2) is 18.1 Å². The molecule has 5 rings (SSSR count). The molecular formula is C29H24N4O9. The molecule has 42 heavy (non-hydrogen) atoms. The molecular weight excluding hydrogens is 548 g/mol. The number of carbonyl (C=O) groups excluding carboxylic acids is 1. The van der Waals surface area contributed by atoms with Gasteiger partial charge in [-0.15, -0.1) is 0 Å². The van der Waals surface area contributed by atoms with Crippen molar-refractivity contribution in [3.05, 3.63) is 86.7 Å². The molecule has 0 fully saturated rings. The van der Waals surface area contributed by atoms with Gasteiger partial charge < -0.3 is 23.4 Å². The Bertz CT molecular complexity index is 1910. The van der Waals surface area contributed by atoms with Crippen LogP contribution in [0.5, 0.6) is 17.2 Å². The van der Waals surface area contributed by atoms with Gasteiger partial charge in [0.1, 0.15) is 11.3 Å². The van der Waals surface area contributed by atoms with E-state index in [4.69, 9.17) is 23.4 Å². The third-order valence-electron chi connectivity index (χ3n) is 6.15. The molecule has 13 nitrogen and oxygen atoms in total. The van der Waals surface area contributed by atoms with Crippen LogP contribution in [0.25, 0.3) is 33.5 Å². The minimum atomic E-state index is -0.696.